The van der Waals surface area contributed by atoms with Gasteiger partial charge in [0.25, 0.3) is 0 Å². The van der Waals surface area contributed by atoms with E-state index in [9.17, 15) is 16.8 Å². The molecule has 1 N–H and O–H groups in total. The van der Waals surface area contributed by atoms with E-state index in [1.807, 2.05) is 13.8 Å². The summed E-state index contributed by atoms with van der Waals surface area (Å²) in [4.78, 5) is 0.181. The molecule has 0 bridgehead atoms. The third kappa shape index (κ3) is 4.54. The second-order valence-corrected chi connectivity index (χ2v) is 11.0. The Hall–Kier alpha value is -1.00. The summed E-state index contributed by atoms with van der Waals surface area (Å²) < 4.78 is 60.4. The number of rotatable bonds is 6. The fourth-order valence-corrected chi connectivity index (χ4v) is 6.82. The molecule has 0 aliphatic carbocycles. The van der Waals surface area contributed by atoms with Gasteiger partial charge in [0.1, 0.15) is 0 Å². The SMILES string of the molecule is C[C@H]1CCC[C@H](C)N1S(=O)(=O)c1ccc(S(=O)(=O)NC[C@H]2CCCO2)cc1. The molecule has 152 valence electrons. The van der Waals surface area contributed by atoms with Gasteiger partial charge < -0.3 is 4.74 Å². The minimum Gasteiger partial charge on any atom is -0.377 e. The predicted molar refractivity (Wildman–Crippen MR) is 102 cm³/mol. The Balaban J connectivity index is 1.75. The maximum absolute atomic E-state index is 13.0. The molecule has 2 aliphatic rings. The van der Waals surface area contributed by atoms with Gasteiger partial charge in [-0.3, -0.25) is 0 Å². The zero-order valence-corrected chi connectivity index (χ0v) is 17.4. The lowest BCUT2D eigenvalue weighted by Crippen LogP contribution is -2.47. The van der Waals surface area contributed by atoms with Crippen molar-refractivity contribution in [2.45, 2.75) is 73.9 Å². The lowest BCUT2D eigenvalue weighted by atomic mass is 10.0. The van der Waals surface area contributed by atoms with E-state index in [-0.39, 0.29) is 34.5 Å². The summed E-state index contributed by atoms with van der Waals surface area (Å²) >= 11 is 0. The molecule has 0 amide bonds. The van der Waals surface area contributed by atoms with Crippen LogP contribution in [0.25, 0.3) is 0 Å². The van der Waals surface area contributed by atoms with Gasteiger partial charge in [-0.2, -0.15) is 4.31 Å². The molecule has 2 saturated heterocycles. The van der Waals surface area contributed by atoms with Gasteiger partial charge in [-0.1, -0.05) is 6.42 Å². The van der Waals surface area contributed by atoms with E-state index in [1.165, 1.54) is 24.3 Å². The molecule has 7 nitrogen and oxygen atoms in total. The quantitative estimate of drug-likeness (QED) is 0.767. The van der Waals surface area contributed by atoms with E-state index in [1.54, 1.807) is 4.31 Å². The Bertz CT molecular complexity index is 836. The number of nitrogens with one attached hydrogen (secondary N) is 1. The number of ether oxygens (including phenoxy) is 1. The molecule has 0 saturated carbocycles. The lowest BCUT2D eigenvalue weighted by molar-refractivity contribution is 0.114. The van der Waals surface area contributed by atoms with Crippen LogP contribution in [0.3, 0.4) is 0 Å². The number of hydrogen-bond acceptors (Lipinski definition) is 5. The topological polar surface area (TPSA) is 92.8 Å². The van der Waals surface area contributed by atoms with Crippen LogP contribution in [0.2, 0.25) is 0 Å². The largest absolute Gasteiger partial charge is 0.377 e. The van der Waals surface area contributed by atoms with Crippen molar-refractivity contribution in [2.75, 3.05) is 13.2 Å². The molecule has 1 aromatic rings. The van der Waals surface area contributed by atoms with Crippen LogP contribution in [0.15, 0.2) is 34.1 Å². The molecule has 27 heavy (non-hydrogen) atoms. The first-order chi connectivity index (χ1) is 12.7. The van der Waals surface area contributed by atoms with Gasteiger partial charge in [0.2, 0.25) is 20.0 Å². The maximum atomic E-state index is 13.0. The molecule has 2 aliphatic heterocycles. The Morgan fingerprint density at radius 1 is 0.963 bits per heavy atom. The maximum Gasteiger partial charge on any atom is 0.243 e. The third-order valence-corrected chi connectivity index (χ3v) is 8.93. The summed E-state index contributed by atoms with van der Waals surface area (Å²) in [5.41, 5.74) is 0. The first-order valence-corrected chi connectivity index (χ1v) is 12.4. The fraction of sp³-hybridized carbons (Fsp3) is 0.667. The highest BCUT2D eigenvalue weighted by Crippen LogP contribution is 2.29. The van der Waals surface area contributed by atoms with Gasteiger partial charge in [0.05, 0.1) is 15.9 Å². The molecule has 2 fully saturated rings. The minimum absolute atomic E-state index is 0.0548. The van der Waals surface area contributed by atoms with Gasteiger partial charge in [-0.05, 0) is 63.8 Å². The number of nitrogens with zero attached hydrogens (tertiary/aromatic N) is 1. The van der Waals surface area contributed by atoms with Crippen molar-refractivity contribution in [3.05, 3.63) is 24.3 Å². The van der Waals surface area contributed by atoms with Crippen molar-refractivity contribution in [2.24, 2.45) is 0 Å². The summed E-state index contributed by atoms with van der Waals surface area (Å²) in [6.07, 6.45) is 4.37. The highest BCUT2D eigenvalue weighted by molar-refractivity contribution is 7.89. The van der Waals surface area contributed by atoms with E-state index in [0.717, 1.165) is 32.1 Å². The molecule has 1 aromatic carbocycles. The Labute approximate surface area is 162 Å². The molecule has 0 aromatic heterocycles. The Morgan fingerprint density at radius 3 is 2.11 bits per heavy atom. The van der Waals surface area contributed by atoms with Gasteiger partial charge in [-0.15, -0.1) is 0 Å². The van der Waals surface area contributed by atoms with Crippen molar-refractivity contribution in [3.63, 3.8) is 0 Å². The van der Waals surface area contributed by atoms with E-state index < -0.39 is 20.0 Å². The lowest BCUT2D eigenvalue weighted by Gasteiger charge is -2.37. The first-order valence-electron chi connectivity index (χ1n) is 9.47. The van der Waals surface area contributed by atoms with Gasteiger partial charge in [-0.25, -0.2) is 21.6 Å². The molecule has 0 unspecified atom stereocenters. The zero-order valence-electron chi connectivity index (χ0n) is 15.8. The Kier molecular flexibility index (Phi) is 6.27. The summed E-state index contributed by atoms with van der Waals surface area (Å²) in [6.45, 7) is 4.72. The van der Waals surface area contributed by atoms with Crippen molar-refractivity contribution in [3.8, 4) is 0 Å². The average Bonchev–Trinajstić information content (AvgIpc) is 3.13. The third-order valence-electron chi connectivity index (χ3n) is 5.35. The number of hydrogen-bond donors (Lipinski definition) is 1. The second-order valence-electron chi connectivity index (χ2n) is 7.42. The summed E-state index contributed by atoms with van der Waals surface area (Å²) in [5, 5.41) is 0. The van der Waals surface area contributed by atoms with Crippen molar-refractivity contribution >= 4 is 20.0 Å². The average molecular weight is 417 g/mol. The normalized spacial score (nSPS) is 27.7. The van der Waals surface area contributed by atoms with Crippen molar-refractivity contribution < 1.29 is 21.6 Å². The molecule has 0 radical (unpaired) electrons. The molecular weight excluding hydrogens is 388 g/mol. The highest BCUT2D eigenvalue weighted by Gasteiger charge is 2.35. The second kappa shape index (κ2) is 8.16. The minimum atomic E-state index is -3.69. The highest BCUT2D eigenvalue weighted by atomic mass is 32.2. The van der Waals surface area contributed by atoms with Crippen LogP contribution in [0.4, 0.5) is 0 Å². The Morgan fingerprint density at radius 2 is 1.56 bits per heavy atom. The smallest absolute Gasteiger partial charge is 0.243 e. The zero-order chi connectivity index (χ0) is 19.7. The van der Waals surface area contributed by atoms with Crippen LogP contribution in [-0.4, -0.2) is 52.5 Å². The molecule has 3 atom stereocenters. The standard InChI is InChI=1S/C18H28N2O5S2/c1-14-5-3-6-15(2)20(14)27(23,24)18-10-8-17(9-11-18)26(21,22)19-13-16-7-4-12-25-16/h8-11,14-16,19H,3-7,12-13H2,1-2H3/t14-,15-,16+/m0/s1. The van der Waals surface area contributed by atoms with E-state index in [2.05, 4.69) is 4.72 Å². The molecule has 3 rings (SSSR count). The van der Waals surface area contributed by atoms with E-state index in [4.69, 9.17) is 4.74 Å². The van der Waals surface area contributed by atoms with E-state index >= 15 is 0 Å². The molecular formula is C18H28N2O5S2. The molecule has 0 spiro atoms. The van der Waals surface area contributed by atoms with Crippen LogP contribution in [0, 0.1) is 0 Å². The van der Waals surface area contributed by atoms with Crippen LogP contribution >= 0.6 is 0 Å². The van der Waals surface area contributed by atoms with Gasteiger partial charge >= 0.3 is 0 Å². The molecule has 9 heteroatoms. The number of piperidine rings is 1. The summed E-state index contributed by atoms with van der Waals surface area (Å²) in [6, 6.07) is 5.34. The number of benzene rings is 1. The number of sulfonamides is 2. The predicted octanol–water partition coefficient (Wildman–Crippen LogP) is 2.10. The summed E-state index contributed by atoms with van der Waals surface area (Å²) in [5.74, 6) is 0. The van der Waals surface area contributed by atoms with Gasteiger partial charge in [0, 0.05) is 25.2 Å². The van der Waals surface area contributed by atoms with Crippen LogP contribution in [0.1, 0.15) is 46.0 Å². The van der Waals surface area contributed by atoms with Crippen molar-refractivity contribution in [1.29, 1.82) is 0 Å². The fourth-order valence-electron chi connectivity index (χ4n) is 3.88. The van der Waals surface area contributed by atoms with Crippen molar-refractivity contribution in [1.82, 2.24) is 9.03 Å². The molecule has 2 heterocycles. The van der Waals surface area contributed by atoms with Crippen LogP contribution in [0.5, 0.6) is 0 Å². The summed E-state index contributed by atoms with van der Waals surface area (Å²) in [7, 11) is -7.34. The van der Waals surface area contributed by atoms with Gasteiger partial charge in [0.15, 0.2) is 0 Å². The van der Waals surface area contributed by atoms with Crippen LogP contribution in [-0.2, 0) is 24.8 Å². The monoisotopic (exact) mass is 416 g/mol. The van der Waals surface area contributed by atoms with Crippen LogP contribution < -0.4 is 4.72 Å². The first kappa shape index (κ1) is 20.7. The van der Waals surface area contributed by atoms with E-state index in [0.29, 0.717) is 6.61 Å².